The maximum absolute atomic E-state index is 3.58. The molecule has 0 aliphatic heterocycles. The summed E-state index contributed by atoms with van der Waals surface area (Å²) in [6.45, 7) is 27.0. The largest absolute Gasteiger partial charge is 0.314 e. The van der Waals surface area contributed by atoms with E-state index in [1.165, 1.54) is 0 Å². The molecule has 0 amide bonds. The molecule has 158 valence electrons. The summed E-state index contributed by atoms with van der Waals surface area (Å²) in [7, 11) is 2.19. The van der Waals surface area contributed by atoms with Gasteiger partial charge in [0.1, 0.15) is 0 Å². The summed E-state index contributed by atoms with van der Waals surface area (Å²) in [5.74, 6) is 0. The molecule has 0 fully saturated rings. The van der Waals surface area contributed by atoms with Gasteiger partial charge in [0.15, 0.2) is 0 Å². The van der Waals surface area contributed by atoms with Crippen LogP contribution in [0.1, 0.15) is 55.4 Å². The molecule has 0 aromatic rings. The first kappa shape index (κ1) is 25.8. The van der Waals surface area contributed by atoms with Crippen molar-refractivity contribution >= 4 is 0 Å². The van der Waals surface area contributed by atoms with E-state index in [2.05, 4.69) is 87.8 Å². The van der Waals surface area contributed by atoms with Crippen LogP contribution in [0.4, 0.5) is 0 Å². The highest BCUT2D eigenvalue weighted by atomic mass is 15.2. The molecule has 2 N–H and O–H groups in total. The molecule has 0 unspecified atom stereocenters. The number of nitrogens with one attached hydrogen (secondary N) is 2. The summed E-state index contributed by atoms with van der Waals surface area (Å²) in [5.41, 5.74) is 0. The molecule has 0 heterocycles. The molecule has 5 heteroatoms. The SMILES string of the molecule is CC(C)N(C)CCNCCNCCN(CCN(C(C)C)C(C)C)C(C)C. The fourth-order valence-electron chi connectivity index (χ4n) is 3.15. The molecule has 0 aromatic heterocycles. The van der Waals surface area contributed by atoms with Crippen molar-refractivity contribution in [1.29, 1.82) is 0 Å². The highest BCUT2D eigenvalue weighted by Crippen LogP contribution is 2.06. The Kier molecular flexibility index (Phi) is 14.7. The van der Waals surface area contributed by atoms with E-state index in [0.717, 1.165) is 52.4 Å². The molecule has 0 saturated carbocycles. The summed E-state index contributed by atoms with van der Waals surface area (Å²) in [5, 5.41) is 7.11. The summed E-state index contributed by atoms with van der Waals surface area (Å²) in [6, 6.07) is 2.45. The highest BCUT2D eigenvalue weighted by Gasteiger charge is 2.16. The molecule has 0 radical (unpaired) electrons. The quantitative estimate of drug-likeness (QED) is 0.407. The predicted molar refractivity (Wildman–Crippen MR) is 117 cm³/mol. The van der Waals surface area contributed by atoms with E-state index in [1.54, 1.807) is 0 Å². The van der Waals surface area contributed by atoms with E-state index in [0.29, 0.717) is 24.2 Å². The lowest BCUT2D eigenvalue weighted by molar-refractivity contribution is 0.130. The van der Waals surface area contributed by atoms with E-state index >= 15 is 0 Å². The van der Waals surface area contributed by atoms with E-state index < -0.39 is 0 Å². The van der Waals surface area contributed by atoms with Gasteiger partial charge in [-0.3, -0.25) is 9.80 Å². The van der Waals surface area contributed by atoms with Crippen molar-refractivity contribution in [2.45, 2.75) is 79.6 Å². The molecule has 0 aliphatic rings. The van der Waals surface area contributed by atoms with Crippen LogP contribution in [0, 0.1) is 0 Å². The van der Waals surface area contributed by atoms with Gasteiger partial charge in [-0.25, -0.2) is 0 Å². The normalized spacial score (nSPS) is 12.9. The van der Waals surface area contributed by atoms with Gasteiger partial charge >= 0.3 is 0 Å². The van der Waals surface area contributed by atoms with Gasteiger partial charge < -0.3 is 15.5 Å². The zero-order valence-electron chi connectivity index (χ0n) is 19.3. The Hall–Kier alpha value is -0.200. The van der Waals surface area contributed by atoms with E-state index in [1.807, 2.05) is 0 Å². The molecule has 0 aliphatic carbocycles. The average Bonchev–Trinajstić information content (AvgIpc) is 2.54. The second-order valence-corrected chi connectivity index (χ2v) is 8.63. The molecular formula is C21H49N5. The number of likely N-dealkylation sites (N-methyl/N-ethyl adjacent to an activating group) is 1. The van der Waals surface area contributed by atoms with Crippen molar-refractivity contribution in [2.24, 2.45) is 0 Å². The Balaban J connectivity index is 3.88. The van der Waals surface area contributed by atoms with E-state index in [-0.39, 0.29) is 0 Å². The van der Waals surface area contributed by atoms with Crippen LogP contribution in [-0.2, 0) is 0 Å². The van der Waals surface area contributed by atoms with Gasteiger partial charge in [0.25, 0.3) is 0 Å². The van der Waals surface area contributed by atoms with Crippen molar-refractivity contribution in [1.82, 2.24) is 25.3 Å². The second kappa shape index (κ2) is 14.8. The van der Waals surface area contributed by atoms with Gasteiger partial charge in [0, 0.05) is 76.5 Å². The zero-order chi connectivity index (χ0) is 20.1. The number of hydrogen-bond donors (Lipinski definition) is 2. The van der Waals surface area contributed by atoms with Crippen molar-refractivity contribution in [3.8, 4) is 0 Å². The Morgan fingerprint density at radius 3 is 1.46 bits per heavy atom. The first-order valence-electron chi connectivity index (χ1n) is 10.8. The smallest absolute Gasteiger partial charge is 0.0115 e. The third kappa shape index (κ3) is 12.2. The number of hydrogen-bond acceptors (Lipinski definition) is 5. The maximum Gasteiger partial charge on any atom is 0.0115 e. The van der Waals surface area contributed by atoms with E-state index in [4.69, 9.17) is 0 Å². The van der Waals surface area contributed by atoms with Crippen LogP contribution in [0.5, 0.6) is 0 Å². The van der Waals surface area contributed by atoms with Crippen LogP contribution >= 0.6 is 0 Å². The van der Waals surface area contributed by atoms with Crippen molar-refractivity contribution < 1.29 is 0 Å². The Morgan fingerprint density at radius 1 is 0.538 bits per heavy atom. The Bertz CT molecular complexity index is 310. The minimum absolute atomic E-state index is 0.600. The van der Waals surface area contributed by atoms with Gasteiger partial charge in [0.2, 0.25) is 0 Å². The third-order valence-corrected chi connectivity index (χ3v) is 5.28. The first-order chi connectivity index (χ1) is 12.2. The third-order valence-electron chi connectivity index (χ3n) is 5.28. The lowest BCUT2D eigenvalue weighted by atomic mass is 10.2. The topological polar surface area (TPSA) is 33.8 Å². The fourth-order valence-corrected chi connectivity index (χ4v) is 3.15. The lowest BCUT2D eigenvalue weighted by Crippen LogP contribution is -2.46. The van der Waals surface area contributed by atoms with Gasteiger partial charge in [-0.2, -0.15) is 0 Å². The fraction of sp³-hybridized carbons (Fsp3) is 1.00. The van der Waals surface area contributed by atoms with Crippen molar-refractivity contribution in [3.05, 3.63) is 0 Å². The molecule has 5 nitrogen and oxygen atoms in total. The zero-order valence-corrected chi connectivity index (χ0v) is 19.3. The average molecular weight is 372 g/mol. The highest BCUT2D eigenvalue weighted by molar-refractivity contribution is 4.72. The van der Waals surface area contributed by atoms with Crippen LogP contribution < -0.4 is 10.6 Å². The van der Waals surface area contributed by atoms with Crippen LogP contribution in [0.3, 0.4) is 0 Å². The van der Waals surface area contributed by atoms with Crippen molar-refractivity contribution in [3.63, 3.8) is 0 Å². The molecule has 0 aromatic carbocycles. The van der Waals surface area contributed by atoms with E-state index in [9.17, 15) is 0 Å². The number of nitrogens with zero attached hydrogens (tertiary/aromatic N) is 3. The van der Waals surface area contributed by atoms with Gasteiger partial charge in [-0.05, 0) is 62.4 Å². The summed E-state index contributed by atoms with van der Waals surface area (Å²) >= 11 is 0. The summed E-state index contributed by atoms with van der Waals surface area (Å²) < 4.78 is 0. The molecular weight excluding hydrogens is 322 g/mol. The van der Waals surface area contributed by atoms with Gasteiger partial charge in [-0.15, -0.1) is 0 Å². The van der Waals surface area contributed by atoms with Crippen LogP contribution in [0.2, 0.25) is 0 Å². The molecule has 0 spiro atoms. The lowest BCUT2D eigenvalue weighted by Gasteiger charge is -2.34. The van der Waals surface area contributed by atoms with Crippen LogP contribution in [-0.4, -0.2) is 98.3 Å². The molecule has 0 atom stereocenters. The molecule has 0 bridgehead atoms. The van der Waals surface area contributed by atoms with Crippen LogP contribution in [0.25, 0.3) is 0 Å². The van der Waals surface area contributed by atoms with Crippen LogP contribution in [0.15, 0.2) is 0 Å². The van der Waals surface area contributed by atoms with Gasteiger partial charge in [-0.1, -0.05) is 0 Å². The summed E-state index contributed by atoms with van der Waals surface area (Å²) in [6.07, 6.45) is 0. The minimum atomic E-state index is 0.600. The standard InChI is InChI=1S/C21H49N5/c1-18(2)24(9)14-12-22-10-11-23-13-15-25(19(3)4)16-17-26(20(5)6)21(7)8/h18-23H,10-17H2,1-9H3. The Morgan fingerprint density at radius 2 is 1.04 bits per heavy atom. The summed E-state index contributed by atoms with van der Waals surface area (Å²) in [4.78, 5) is 7.55. The maximum atomic E-state index is 3.58. The molecule has 26 heavy (non-hydrogen) atoms. The monoisotopic (exact) mass is 371 g/mol. The number of rotatable bonds is 16. The van der Waals surface area contributed by atoms with Crippen molar-refractivity contribution in [2.75, 3.05) is 59.4 Å². The minimum Gasteiger partial charge on any atom is -0.314 e. The first-order valence-corrected chi connectivity index (χ1v) is 10.8. The molecule has 0 saturated heterocycles. The van der Waals surface area contributed by atoms with Gasteiger partial charge in [0.05, 0.1) is 0 Å². The second-order valence-electron chi connectivity index (χ2n) is 8.63. The predicted octanol–water partition coefficient (Wildman–Crippen LogP) is 2.34. The Labute approximate surface area is 164 Å². The molecule has 0 rings (SSSR count).